The van der Waals surface area contributed by atoms with Gasteiger partial charge in [-0.15, -0.1) is 0 Å². The molecular weight excluding hydrogens is 285 g/mol. The quantitative estimate of drug-likeness (QED) is 0.867. The summed E-state index contributed by atoms with van der Waals surface area (Å²) in [5, 5.41) is 0. The number of nitrogens with two attached hydrogens (primary N) is 1. The maximum absolute atomic E-state index is 13.5. The highest BCUT2D eigenvalue weighted by Crippen LogP contribution is 2.23. The first-order valence-electron chi connectivity index (χ1n) is 7.68. The first-order valence-corrected chi connectivity index (χ1v) is 8.09. The lowest BCUT2D eigenvalue weighted by Crippen LogP contribution is -2.54. The van der Waals surface area contributed by atoms with Gasteiger partial charge < -0.3 is 5.73 Å². The van der Waals surface area contributed by atoms with Gasteiger partial charge in [-0.3, -0.25) is 9.80 Å². The van der Waals surface area contributed by atoms with E-state index in [0.29, 0.717) is 11.0 Å². The van der Waals surface area contributed by atoms with Crippen LogP contribution >= 0.6 is 12.2 Å². The zero-order valence-electron chi connectivity index (χ0n) is 12.2. The summed E-state index contributed by atoms with van der Waals surface area (Å²) < 4.78 is 13.5. The van der Waals surface area contributed by atoms with Crippen LogP contribution in [0.4, 0.5) is 4.39 Å². The fourth-order valence-corrected chi connectivity index (χ4v) is 3.74. The summed E-state index contributed by atoms with van der Waals surface area (Å²) in [5.41, 5.74) is 7.47. The monoisotopic (exact) mass is 307 g/mol. The van der Waals surface area contributed by atoms with E-state index in [0.717, 1.165) is 37.3 Å². The van der Waals surface area contributed by atoms with Crippen LogP contribution in [0.1, 0.15) is 30.4 Å². The van der Waals surface area contributed by atoms with E-state index in [2.05, 4.69) is 9.80 Å². The van der Waals surface area contributed by atoms with E-state index in [1.54, 1.807) is 12.1 Å². The van der Waals surface area contributed by atoms with Crippen molar-refractivity contribution in [3.63, 3.8) is 0 Å². The molecular formula is C16H22FN3S. The highest BCUT2D eigenvalue weighted by Gasteiger charge is 2.29. The molecule has 2 heterocycles. The van der Waals surface area contributed by atoms with E-state index in [-0.39, 0.29) is 5.82 Å². The number of benzene rings is 1. The van der Waals surface area contributed by atoms with Crippen LogP contribution in [0.3, 0.4) is 0 Å². The molecule has 0 aliphatic carbocycles. The Labute approximate surface area is 130 Å². The van der Waals surface area contributed by atoms with Gasteiger partial charge in [0.15, 0.2) is 0 Å². The van der Waals surface area contributed by atoms with Crippen LogP contribution in [-0.4, -0.2) is 47.0 Å². The van der Waals surface area contributed by atoms with Crippen LogP contribution in [0.25, 0.3) is 0 Å². The normalized spacial score (nSPS) is 23.8. The molecule has 0 radical (unpaired) electrons. The maximum Gasteiger partial charge on any atom is 0.123 e. The molecule has 0 spiro atoms. The van der Waals surface area contributed by atoms with Crippen molar-refractivity contribution in [2.45, 2.75) is 31.8 Å². The molecule has 1 aromatic rings. The Morgan fingerprint density at radius 2 is 2.14 bits per heavy atom. The fraction of sp³-hybridized carbons (Fsp3) is 0.562. The minimum atomic E-state index is -0.221. The largest absolute Gasteiger partial charge is 0.389 e. The third-order valence-corrected chi connectivity index (χ3v) is 4.87. The number of piperazine rings is 1. The van der Waals surface area contributed by atoms with Crippen LogP contribution in [-0.2, 0) is 6.54 Å². The number of piperidine rings is 1. The highest BCUT2D eigenvalue weighted by atomic mass is 32.1. The van der Waals surface area contributed by atoms with Crippen molar-refractivity contribution in [2.24, 2.45) is 5.73 Å². The number of halogens is 1. The Balaban J connectivity index is 1.72. The van der Waals surface area contributed by atoms with Gasteiger partial charge in [-0.1, -0.05) is 18.6 Å². The third kappa shape index (κ3) is 3.42. The Bertz CT molecular complexity index is 534. The third-order valence-electron chi connectivity index (χ3n) is 4.65. The summed E-state index contributed by atoms with van der Waals surface area (Å²) in [7, 11) is 0. The van der Waals surface area contributed by atoms with Crippen LogP contribution < -0.4 is 5.73 Å². The van der Waals surface area contributed by atoms with Crippen LogP contribution in [0, 0.1) is 5.82 Å². The number of hydrogen-bond donors (Lipinski definition) is 1. The van der Waals surface area contributed by atoms with Crippen LogP contribution in [0.15, 0.2) is 18.2 Å². The van der Waals surface area contributed by atoms with Gasteiger partial charge in [0.2, 0.25) is 0 Å². The van der Waals surface area contributed by atoms with E-state index >= 15 is 0 Å². The van der Waals surface area contributed by atoms with Crippen molar-refractivity contribution in [1.82, 2.24) is 9.80 Å². The lowest BCUT2D eigenvalue weighted by Gasteiger charge is -2.44. The molecule has 2 fully saturated rings. The summed E-state index contributed by atoms with van der Waals surface area (Å²) in [4.78, 5) is 5.35. The molecule has 21 heavy (non-hydrogen) atoms. The molecule has 0 amide bonds. The standard InChI is InChI=1S/C16H22FN3S/c17-13-4-5-15(16(18)21)12(9-13)10-19-7-8-20-6-2-1-3-14(20)11-19/h4-5,9,14H,1-3,6-8,10-11H2,(H2,18,21). The molecule has 114 valence electrons. The van der Waals surface area contributed by atoms with Gasteiger partial charge >= 0.3 is 0 Å². The number of fused-ring (bicyclic) bond motifs is 1. The molecule has 5 heteroatoms. The van der Waals surface area contributed by atoms with Crippen LogP contribution in [0.2, 0.25) is 0 Å². The minimum absolute atomic E-state index is 0.221. The summed E-state index contributed by atoms with van der Waals surface area (Å²) in [6.45, 7) is 5.17. The second kappa shape index (κ2) is 6.38. The van der Waals surface area contributed by atoms with Crippen molar-refractivity contribution in [3.8, 4) is 0 Å². The molecule has 2 aliphatic heterocycles. The van der Waals surface area contributed by atoms with E-state index in [4.69, 9.17) is 18.0 Å². The Morgan fingerprint density at radius 3 is 2.95 bits per heavy atom. The Morgan fingerprint density at radius 1 is 1.29 bits per heavy atom. The van der Waals surface area contributed by atoms with Crippen molar-refractivity contribution in [1.29, 1.82) is 0 Å². The molecule has 0 bridgehead atoms. The zero-order valence-corrected chi connectivity index (χ0v) is 13.0. The molecule has 1 atom stereocenters. The van der Waals surface area contributed by atoms with Crippen LogP contribution in [0.5, 0.6) is 0 Å². The molecule has 2 N–H and O–H groups in total. The topological polar surface area (TPSA) is 32.5 Å². The maximum atomic E-state index is 13.5. The number of nitrogens with zero attached hydrogens (tertiary/aromatic N) is 2. The van der Waals surface area contributed by atoms with Gasteiger partial charge in [-0.05, 0) is 43.1 Å². The fourth-order valence-electron chi connectivity index (χ4n) is 3.54. The van der Waals surface area contributed by atoms with Crippen molar-refractivity contribution >= 4 is 17.2 Å². The first kappa shape index (κ1) is 14.9. The number of hydrogen-bond acceptors (Lipinski definition) is 3. The van der Waals surface area contributed by atoms with Crippen molar-refractivity contribution in [2.75, 3.05) is 26.2 Å². The van der Waals surface area contributed by atoms with Gasteiger partial charge in [-0.2, -0.15) is 0 Å². The molecule has 3 rings (SSSR count). The first-order chi connectivity index (χ1) is 10.1. The molecule has 0 saturated carbocycles. The van der Waals surface area contributed by atoms with Crippen molar-refractivity contribution in [3.05, 3.63) is 35.1 Å². The average Bonchev–Trinajstić information content (AvgIpc) is 2.47. The molecule has 1 aromatic carbocycles. The van der Waals surface area contributed by atoms with Crippen molar-refractivity contribution < 1.29 is 4.39 Å². The SMILES string of the molecule is NC(=S)c1ccc(F)cc1CN1CCN2CCCCC2C1. The summed E-state index contributed by atoms with van der Waals surface area (Å²) in [6.07, 6.45) is 3.93. The van der Waals surface area contributed by atoms with E-state index in [1.165, 1.54) is 31.9 Å². The predicted octanol–water partition coefficient (Wildman–Crippen LogP) is 2.13. The lowest BCUT2D eigenvalue weighted by atomic mass is 9.98. The number of rotatable bonds is 3. The summed E-state index contributed by atoms with van der Waals surface area (Å²) in [5.74, 6) is -0.221. The Kier molecular flexibility index (Phi) is 4.52. The number of thiocarbonyl (C=S) groups is 1. The summed E-state index contributed by atoms with van der Waals surface area (Å²) >= 11 is 5.08. The van der Waals surface area contributed by atoms with E-state index in [9.17, 15) is 4.39 Å². The second-order valence-corrected chi connectivity index (χ2v) is 6.53. The van der Waals surface area contributed by atoms with Gasteiger partial charge in [0.05, 0.1) is 0 Å². The zero-order chi connectivity index (χ0) is 14.8. The second-order valence-electron chi connectivity index (χ2n) is 6.09. The molecule has 1 unspecified atom stereocenters. The van der Waals surface area contributed by atoms with Gasteiger partial charge in [0, 0.05) is 37.8 Å². The van der Waals surface area contributed by atoms with Gasteiger partial charge in [-0.25, -0.2) is 4.39 Å². The summed E-state index contributed by atoms with van der Waals surface area (Å²) in [6, 6.07) is 5.36. The van der Waals surface area contributed by atoms with Gasteiger partial charge in [0.1, 0.15) is 10.8 Å². The van der Waals surface area contributed by atoms with E-state index < -0.39 is 0 Å². The average molecular weight is 307 g/mol. The highest BCUT2D eigenvalue weighted by molar-refractivity contribution is 7.80. The minimum Gasteiger partial charge on any atom is -0.389 e. The molecule has 2 saturated heterocycles. The smallest absolute Gasteiger partial charge is 0.123 e. The molecule has 2 aliphatic rings. The van der Waals surface area contributed by atoms with Gasteiger partial charge in [0.25, 0.3) is 0 Å². The Hall–Kier alpha value is -1.04. The lowest BCUT2D eigenvalue weighted by molar-refractivity contribution is 0.0456. The molecule has 3 nitrogen and oxygen atoms in total. The predicted molar refractivity (Wildman–Crippen MR) is 86.8 cm³/mol. The van der Waals surface area contributed by atoms with E-state index in [1.807, 2.05) is 0 Å². The molecule has 0 aromatic heterocycles.